The molecule has 0 unspecified atom stereocenters. The Balaban J connectivity index is 1.59. The van der Waals surface area contributed by atoms with Gasteiger partial charge in [-0.15, -0.1) is 0 Å². The standard InChI is InChI=1S/C23H23FN2O5S2/c1-26(17-18-5-3-2-4-6-18)33(30,31)22-13-9-20(10-14-22)25-23(27)15-16-32(28,29)21-11-7-19(24)8-12-21/h2-14H,15-17H2,1H3,(H,25,27). The zero-order valence-electron chi connectivity index (χ0n) is 17.8. The van der Waals surface area contributed by atoms with Gasteiger partial charge >= 0.3 is 0 Å². The first-order chi connectivity index (χ1) is 15.6. The van der Waals surface area contributed by atoms with Crippen molar-refractivity contribution in [3.8, 4) is 0 Å². The van der Waals surface area contributed by atoms with E-state index in [2.05, 4.69) is 5.32 Å². The topological polar surface area (TPSA) is 101 Å². The van der Waals surface area contributed by atoms with Crippen LogP contribution in [0.4, 0.5) is 10.1 Å². The van der Waals surface area contributed by atoms with Crippen LogP contribution in [0.5, 0.6) is 0 Å². The molecule has 3 rings (SSSR count). The van der Waals surface area contributed by atoms with Gasteiger partial charge in [-0.2, -0.15) is 4.31 Å². The van der Waals surface area contributed by atoms with Crippen molar-refractivity contribution in [2.45, 2.75) is 22.8 Å². The van der Waals surface area contributed by atoms with E-state index in [4.69, 9.17) is 0 Å². The molecule has 33 heavy (non-hydrogen) atoms. The number of halogens is 1. The molecule has 0 spiro atoms. The number of carbonyl (C=O) groups is 1. The van der Waals surface area contributed by atoms with Gasteiger partial charge in [-0.25, -0.2) is 21.2 Å². The molecule has 174 valence electrons. The lowest BCUT2D eigenvalue weighted by atomic mass is 10.2. The Bertz CT molecular complexity index is 1310. The van der Waals surface area contributed by atoms with Crippen LogP contribution in [0.15, 0.2) is 88.7 Å². The number of hydrogen-bond acceptors (Lipinski definition) is 5. The van der Waals surface area contributed by atoms with Crippen LogP contribution in [0.3, 0.4) is 0 Å². The number of anilines is 1. The second kappa shape index (κ2) is 10.2. The maximum Gasteiger partial charge on any atom is 0.243 e. The van der Waals surface area contributed by atoms with Crippen LogP contribution < -0.4 is 5.32 Å². The van der Waals surface area contributed by atoms with Crippen molar-refractivity contribution in [2.24, 2.45) is 0 Å². The average Bonchev–Trinajstić information content (AvgIpc) is 2.79. The van der Waals surface area contributed by atoms with Crippen LogP contribution in [0.2, 0.25) is 0 Å². The monoisotopic (exact) mass is 490 g/mol. The third-order valence-electron chi connectivity index (χ3n) is 4.86. The average molecular weight is 491 g/mol. The van der Waals surface area contributed by atoms with Crippen molar-refractivity contribution < 1.29 is 26.0 Å². The van der Waals surface area contributed by atoms with E-state index in [1.54, 1.807) is 0 Å². The Labute approximate surface area is 192 Å². The molecule has 0 bridgehead atoms. The van der Waals surface area contributed by atoms with Gasteiger partial charge in [0.1, 0.15) is 5.82 Å². The molecule has 0 heterocycles. The highest BCUT2D eigenvalue weighted by molar-refractivity contribution is 7.91. The third kappa shape index (κ3) is 6.47. The highest BCUT2D eigenvalue weighted by Crippen LogP contribution is 2.20. The summed E-state index contributed by atoms with van der Waals surface area (Å²) in [4.78, 5) is 12.2. The Morgan fingerprint density at radius 2 is 1.42 bits per heavy atom. The lowest BCUT2D eigenvalue weighted by Crippen LogP contribution is -2.26. The summed E-state index contributed by atoms with van der Waals surface area (Å²) in [5.74, 6) is -1.54. The Kier molecular flexibility index (Phi) is 7.62. The van der Waals surface area contributed by atoms with Crippen molar-refractivity contribution in [2.75, 3.05) is 18.1 Å². The van der Waals surface area contributed by atoms with Gasteiger partial charge in [0, 0.05) is 25.7 Å². The SMILES string of the molecule is CN(Cc1ccccc1)S(=O)(=O)c1ccc(NC(=O)CCS(=O)(=O)c2ccc(F)cc2)cc1. The molecule has 0 fully saturated rings. The van der Waals surface area contributed by atoms with E-state index >= 15 is 0 Å². The largest absolute Gasteiger partial charge is 0.326 e. The van der Waals surface area contributed by atoms with Gasteiger partial charge in [0.05, 0.1) is 15.5 Å². The summed E-state index contributed by atoms with van der Waals surface area (Å²) in [7, 11) is -5.98. The molecule has 0 aliphatic rings. The van der Waals surface area contributed by atoms with Crippen molar-refractivity contribution in [3.63, 3.8) is 0 Å². The molecular weight excluding hydrogens is 467 g/mol. The number of amides is 1. The summed E-state index contributed by atoms with van der Waals surface area (Å²) in [5, 5.41) is 2.55. The summed E-state index contributed by atoms with van der Waals surface area (Å²) in [6.07, 6.45) is -0.306. The fourth-order valence-corrected chi connectivity index (χ4v) is 5.43. The van der Waals surface area contributed by atoms with Crippen LogP contribution >= 0.6 is 0 Å². The minimum Gasteiger partial charge on any atom is -0.326 e. The van der Waals surface area contributed by atoms with E-state index in [1.165, 1.54) is 35.6 Å². The van der Waals surface area contributed by atoms with Crippen LogP contribution in [-0.4, -0.2) is 39.8 Å². The lowest BCUT2D eigenvalue weighted by Gasteiger charge is -2.17. The molecule has 1 N–H and O–H groups in total. The number of nitrogens with zero attached hydrogens (tertiary/aromatic N) is 1. The smallest absolute Gasteiger partial charge is 0.243 e. The van der Waals surface area contributed by atoms with Gasteiger partial charge in [-0.3, -0.25) is 4.79 Å². The molecule has 3 aromatic rings. The highest BCUT2D eigenvalue weighted by atomic mass is 32.2. The summed E-state index contributed by atoms with van der Waals surface area (Å²) >= 11 is 0. The van der Waals surface area contributed by atoms with Gasteiger partial charge < -0.3 is 5.32 Å². The molecule has 0 aromatic heterocycles. The van der Waals surface area contributed by atoms with Gasteiger partial charge in [0.15, 0.2) is 9.84 Å². The molecule has 0 saturated carbocycles. The molecular formula is C23H23FN2O5S2. The number of hydrogen-bond donors (Lipinski definition) is 1. The predicted molar refractivity (Wildman–Crippen MR) is 123 cm³/mol. The van der Waals surface area contributed by atoms with Gasteiger partial charge in [-0.05, 0) is 54.1 Å². The first-order valence-corrected chi connectivity index (χ1v) is 13.1. The first-order valence-electron chi connectivity index (χ1n) is 9.96. The van der Waals surface area contributed by atoms with Gasteiger partial charge in [0.25, 0.3) is 0 Å². The van der Waals surface area contributed by atoms with E-state index in [0.717, 1.165) is 29.8 Å². The predicted octanol–water partition coefficient (Wildman–Crippen LogP) is 3.45. The molecule has 3 aromatic carbocycles. The van der Waals surface area contributed by atoms with Crippen molar-refractivity contribution >= 4 is 31.5 Å². The number of carbonyl (C=O) groups excluding carboxylic acids is 1. The van der Waals surface area contributed by atoms with Crippen molar-refractivity contribution in [3.05, 3.63) is 90.2 Å². The summed E-state index contributed by atoms with van der Waals surface area (Å²) in [5.41, 5.74) is 1.19. The number of sulfonamides is 1. The second-order valence-corrected chi connectivity index (χ2v) is 11.5. The Hall–Kier alpha value is -3.08. The molecule has 0 aliphatic heterocycles. The van der Waals surface area contributed by atoms with Gasteiger partial charge in [0.2, 0.25) is 15.9 Å². The molecule has 1 amide bonds. The normalized spacial score (nSPS) is 12.0. The van der Waals surface area contributed by atoms with E-state index < -0.39 is 37.3 Å². The summed E-state index contributed by atoms with van der Waals surface area (Å²) in [6, 6.07) is 19.2. The van der Waals surface area contributed by atoms with E-state index in [9.17, 15) is 26.0 Å². The number of benzene rings is 3. The van der Waals surface area contributed by atoms with Crippen LogP contribution in [0, 0.1) is 5.82 Å². The van der Waals surface area contributed by atoms with E-state index in [0.29, 0.717) is 5.69 Å². The minimum absolute atomic E-state index is 0.0640. The number of rotatable bonds is 9. The Morgan fingerprint density at radius 3 is 2.03 bits per heavy atom. The van der Waals surface area contributed by atoms with Crippen LogP contribution in [-0.2, 0) is 31.2 Å². The maximum absolute atomic E-state index is 13.0. The minimum atomic E-state index is -3.74. The van der Waals surface area contributed by atoms with Crippen LogP contribution in [0.1, 0.15) is 12.0 Å². The van der Waals surface area contributed by atoms with Crippen molar-refractivity contribution in [1.29, 1.82) is 0 Å². The molecule has 0 atom stereocenters. The first kappa shape index (κ1) is 24.6. The highest BCUT2D eigenvalue weighted by Gasteiger charge is 2.21. The molecule has 0 aliphatic carbocycles. The molecule has 0 saturated heterocycles. The zero-order valence-corrected chi connectivity index (χ0v) is 19.4. The third-order valence-corrected chi connectivity index (χ3v) is 8.41. The molecule has 7 nitrogen and oxygen atoms in total. The van der Waals surface area contributed by atoms with Crippen molar-refractivity contribution in [1.82, 2.24) is 4.31 Å². The fourth-order valence-electron chi connectivity index (χ4n) is 3.03. The second-order valence-electron chi connectivity index (χ2n) is 7.34. The van der Waals surface area contributed by atoms with E-state index in [1.807, 2.05) is 30.3 Å². The molecule has 0 radical (unpaired) electrons. The maximum atomic E-state index is 13.0. The molecule has 10 heteroatoms. The van der Waals surface area contributed by atoms with Crippen LogP contribution in [0.25, 0.3) is 0 Å². The summed E-state index contributed by atoms with van der Waals surface area (Å²) in [6.45, 7) is 0.212. The zero-order chi connectivity index (χ0) is 24.1. The fraction of sp³-hybridized carbons (Fsp3) is 0.174. The number of sulfone groups is 1. The summed E-state index contributed by atoms with van der Waals surface area (Å²) < 4.78 is 64.3. The Morgan fingerprint density at radius 1 is 0.848 bits per heavy atom. The number of nitrogens with one attached hydrogen (secondary N) is 1. The quantitative estimate of drug-likeness (QED) is 0.463. The van der Waals surface area contributed by atoms with E-state index in [-0.39, 0.29) is 22.8 Å². The lowest BCUT2D eigenvalue weighted by molar-refractivity contribution is -0.115. The van der Waals surface area contributed by atoms with Gasteiger partial charge in [-0.1, -0.05) is 30.3 Å².